The number of anilines is 2. The van der Waals surface area contributed by atoms with E-state index in [4.69, 9.17) is 32.9 Å². The highest BCUT2D eigenvalue weighted by atomic mass is 35.5. The molecule has 1 aromatic heterocycles. The molecule has 1 unspecified atom stereocenters. The van der Waals surface area contributed by atoms with Gasteiger partial charge in [-0.1, -0.05) is 42.8 Å². The first kappa shape index (κ1) is 31.1. The summed E-state index contributed by atoms with van der Waals surface area (Å²) in [6.45, 7) is 14.6. The van der Waals surface area contributed by atoms with Crippen LogP contribution in [0.25, 0.3) is 15.6 Å². The van der Waals surface area contributed by atoms with Gasteiger partial charge in [-0.2, -0.15) is 9.97 Å². The first-order chi connectivity index (χ1) is 21.8. The zero-order chi connectivity index (χ0) is 31.7. The van der Waals surface area contributed by atoms with E-state index in [0.717, 1.165) is 41.0 Å². The van der Waals surface area contributed by atoms with Crippen molar-refractivity contribution < 1.29 is 13.9 Å². The number of amides is 1. The van der Waals surface area contributed by atoms with Gasteiger partial charge in [-0.15, -0.1) is 0 Å². The number of rotatable bonds is 8. The van der Waals surface area contributed by atoms with Crippen molar-refractivity contribution in [1.29, 1.82) is 0 Å². The number of hydrogen-bond donors (Lipinski definition) is 0. The number of ether oxygens (including phenoxy) is 1. The third-order valence-corrected chi connectivity index (χ3v) is 9.90. The van der Waals surface area contributed by atoms with E-state index in [2.05, 4.69) is 40.2 Å². The SMILES string of the molecule is [C-]#[N+]CC1CN(c2nc(OC[C@H]3CCC[C@@H]3N(C)C)nc3c2CCN(c2cccc4ccc(F)c(Cl)c24)C3)CCN1C(=O)C=C. The molecular formula is C34H39ClFN7O2. The van der Waals surface area contributed by atoms with Crippen LogP contribution in [0.15, 0.2) is 43.0 Å². The molecule has 2 aromatic carbocycles. The Morgan fingerprint density at radius 2 is 2.04 bits per heavy atom. The Kier molecular flexibility index (Phi) is 9.11. The molecule has 45 heavy (non-hydrogen) atoms. The molecule has 0 bridgehead atoms. The van der Waals surface area contributed by atoms with Crippen LogP contribution >= 0.6 is 11.6 Å². The molecular weight excluding hydrogens is 593 g/mol. The number of carbonyl (C=O) groups excluding carboxylic acids is 1. The maximum atomic E-state index is 14.6. The molecule has 3 heterocycles. The standard InChI is InChI=1S/C34H39ClFN7O2/c1-5-30(44)43-17-16-42(19-24(43)18-37-2)33-25-14-15-41(29-11-6-8-22-12-13-26(36)32(35)31(22)29)20-27(25)38-34(39-33)45-21-23-9-7-10-28(23)40(3)4/h5-6,8,11-13,23-24,28H,1,7,9-10,14-21H2,3-4H3/t23-,24?,28+/m1/s1. The van der Waals surface area contributed by atoms with E-state index in [9.17, 15) is 9.18 Å². The number of carbonyl (C=O) groups is 1. The van der Waals surface area contributed by atoms with Crippen LogP contribution in [0.1, 0.15) is 30.5 Å². The van der Waals surface area contributed by atoms with E-state index in [1.54, 1.807) is 11.0 Å². The first-order valence-electron chi connectivity index (χ1n) is 15.6. The highest BCUT2D eigenvalue weighted by molar-refractivity contribution is 6.36. The van der Waals surface area contributed by atoms with Crippen molar-refractivity contribution in [3.05, 3.63) is 76.5 Å². The minimum atomic E-state index is -0.444. The van der Waals surface area contributed by atoms with Crippen molar-refractivity contribution in [2.45, 2.75) is 44.3 Å². The summed E-state index contributed by atoms with van der Waals surface area (Å²) in [6, 6.07) is 9.55. The lowest BCUT2D eigenvalue weighted by Gasteiger charge is -2.41. The lowest BCUT2D eigenvalue weighted by Crippen LogP contribution is -2.56. The molecule has 0 N–H and O–H groups in total. The van der Waals surface area contributed by atoms with Gasteiger partial charge in [0.2, 0.25) is 12.5 Å². The Morgan fingerprint density at radius 1 is 1.20 bits per heavy atom. The van der Waals surface area contributed by atoms with Gasteiger partial charge in [0.25, 0.3) is 0 Å². The van der Waals surface area contributed by atoms with E-state index in [0.29, 0.717) is 69.1 Å². The van der Waals surface area contributed by atoms with Gasteiger partial charge >= 0.3 is 6.01 Å². The molecule has 11 heteroatoms. The molecule has 3 atom stereocenters. The number of benzene rings is 2. The summed E-state index contributed by atoms with van der Waals surface area (Å²) in [6.07, 6.45) is 5.40. The number of aromatic nitrogens is 2. The Labute approximate surface area is 269 Å². The van der Waals surface area contributed by atoms with Crippen molar-refractivity contribution in [3.63, 3.8) is 0 Å². The quantitative estimate of drug-likeness (QED) is 0.250. The minimum absolute atomic E-state index is 0.117. The topological polar surface area (TPSA) is 69.4 Å². The molecule has 1 saturated carbocycles. The van der Waals surface area contributed by atoms with Gasteiger partial charge in [-0.05, 0) is 57.0 Å². The van der Waals surface area contributed by atoms with Gasteiger partial charge in [0, 0.05) is 54.8 Å². The summed E-state index contributed by atoms with van der Waals surface area (Å²) in [5.74, 6) is 0.585. The second kappa shape index (κ2) is 13.2. The Bertz CT molecular complexity index is 1640. The van der Waals surface area contributed by atoms with E-state index >= 15 is 0 Å². The van der Waals surface area contributed by atoms with Crippen molar-refractivity contribution >= 4 is 39.8 Å². The number of nitrogens with zero attached hydrogens (tertiary/aromatic N) is 7. The fourth-order valence-corrected chi connectivity index (χ4v) is 7.53. The Morgan fingerprint density at radius 3 is 2.82 bits per heavy atom. The summed E-state index contributed by atoms with van der Waals surface area (Å²) in [4.78, 5) is 34.5. The van der Waals surface area contributed by atoms with Crippen molar-refractivity contribution in [3.8, 4) is 6.01 Å². The van der Waals surface area contributed by atoms with Crippen LogP contribution in [-0.2, 0) is 17.8 Å². The summed E-state index contributed by atoms with van der Waals surface area (Å²) >= 11 is 6.51. The number of hydrogen-bond acceptors (Lipinski definition) is 7. The molecule has 2 aliphatic heterocycles. The number of fused-ring (bicyclic) bond motifs is 2. The molecule has 0 radical (unpaired) electrons. The molecule has 3 aliphatic rings. The minimum Gasteiger partial charge on any atom is -0.463 e. The molecule has 6 rings (SSSR count). The predicted octanol–water partition coefficient (Wildman–Crippen LogP) is 5.22. The zero-order valence-corrected chi connectivity index (χ0v) is 26.6. The average molecular weight is 632 g/mol. The van der Waals surface area contributed by atoms with Crippen molar-refractivity contribution in [2.75, 3.05) is 63.2 Å². The van der Waals surface area contributed by atoms with Crippen LogP contribution in [0.4, 0.5) is 15.9 Å². The number of piperazine rings is 1. The summed E-state index contributed by atoms with van der Waals surface area (Å²) < 4.78 is 21.0. The van der Waals surface area contributed by atoms with Gasteiger partial charge < -0.3 is 29.2 Å². The van der Waals surface area contributed by atoms with E-state index in [1.807, 2.05) is 18.2 Å². The molecule has 1 saturated heterocycles. The van der Waals surface area contributed by atoms with Gasteiger partial charge in [0.15, 0.2) is 0 Å². The van der Waals surface area contributed by atoms with E-state index < -0.39 is 5.82 Å². The van der Waals surface area contributed by atoms with Crippen LogP contribution in [0.3, 0.4) is 0 Å². The van der Waals surface area contributed by atoms with E-state index in [1.165, 1.54) is 18.6 Å². The summed E-state index contributed by atoms with van der Waals surface area (Å²) in [5.41, 5.74) is 2.75. The summed E-state index contributed by atoms with van der Waals surface area (Å²) in [7, 11) is 4.24. The van der Waals surface area contributed by atoms with Crippen LogP contribution < -0.4 is 14.5 Å². The average Bonchev–Trinajstić information content (AvgIpc) is 3.53. The fraction of sp³-hybridized carbons (Fsp3) is 0.471. The van der Waals surface area contributed by atoms with Crippen molar-refractivity contribution in [2.24, 2.45) is 5.92 Å². The molecule has 236 valence electrons. The van der Waals surface area contributed by atoms with E-state index in [-0.39, 0.29) is 23.5 Å². The zero-order valence-electron chi connectivity index (χ0n) is 25.9. The molecule has 1 amide bonds. The molecule has 3 aromatic rings. The lowest BCUT2D eigenvalue weighted by atomic mass is 10.0. The van der Waals surface area contributed by atoms with Crippen molar-refractivity contribution in [1.82, 2.24) is 19.8 Å². The van der Waals surface area contributed by atoms with Crippen LogP contribution in [0, 0.1) is 18.3 Å². The maximum absolute atomic E-state index is 14.6. The van der Waals surface area contributed by atoms with Gasteiger partial charge in [-0.3, -0.25) is 4.79 Å². The second-order valence-corrected chi connectivity index (χ2v) is 12.8. The van der Waals surface area contributed by atoms with Gasteiger partial charge in [0.05, 0.1) is 23.9 Å². The summed E-state index contributed by atoms with van der Waals surface area (Å²) in [5, 5.41) is 1.68. The largest absolute Gasteiger partial charge is 0.463 e. The highest BCUT2D eigenvalue weighted by Crippen LogP contribution is 2.38. The fourth-order valence-electron chi connectivity index (χ4n) is 7.26. The highest BCUT2D eigenvalue weighted by Gasteiger charge is 2.35. The normalized spacial score (nSPS) is 21.6. The lowest BCUT2D eigenvalue weighted by molar-refractivity contribution is -0.128. The molecule has 2 fully saturated rings. The maximum Gasteiger partial charge on any atom is 0.318 e. The van der Waals surface area contributed by atoms with Crippen LogP contribution in [0.2, 0.25) is 5.02 Å². The monoisotopic (exact) mass is 631 g/mol. The molecule has 9 nitrogen and oxygen atoms in total. The molecule has 1 aliphatic carbocycles. The Balaban J connectivity index is 1.35. The predicted molar refractivity (Wildman–Crippen MR) is 175 cm³/mol. The smallest absolute Gasteiger partial charge is 0.318 e. The van der Waals surface area contributed by atoms with Gasteiger partial charge in [0.1, 0.15) is 17.7 Å². The second-order valence-electron chi connectivity index (χ2n) is 12.4. The first-order valence-corrected chi connectivity index (χ1v) is 16.0. The third kappa shape index (κ3) is 6.16. The third-order valence-electron chi connectivity index (χ3n) is 9.53. The Hall–Kier alpha value is -3.94. The van der Waals surface area contributed by atoms with Gasteiger partial charge in [-0.25, -0.2) is 11.0 Å². The number of halogens is 2. The molecule has 0 spiro atoms. The van der Waals surface area contributed by atoms with Crippen LogP contribution in [-0.4, -0.2) is 91.2 Å². The van der Waals surface area contributed by atoms with Crippen LogP contribution in [0.5, 0.6) is 6.01 Å².